The molecule has 1 aromatic carbocycles. The molecule has 2 N–H and O–H groups in total. The van der Waals surface area contributed by atoms with E-state index in [0.717, 1.165) is 40.2 Å². The van der Waals surface area contributed by atoms with Crippen molar-refractivity contribution in [2.45, 2.75) is 46.5 Å². The molecule has 30 heavy (non-hydrogen) atoms. The first-order valence-corrected chi connectivity index (χ1v) is 10.4. The number of benzene rings is 1. The Labute approximate surface area is 177 Å². The predicted octanol–water partition coefficient (Wildman–Crippen LogP) is 4.55. The summed E-state index contributed by atoms with van der Waals surface area (Å²) in [6.07, 6.45) is 1.32. The topological polar surface area (TPSA) is 71.1 Å². The molecule has 0 spiro atoms. The lowest BCUT2D eigenvalue weighted by molar-refractivity contribution is -0.117. The third kappa shape index (κ3) is 3.80. The second-order valence-corrected chi connectivity index (χ2v) is 8.45. The van der Waals surface area contributed by atoms with Gasteiger partial charge in [-0.2, -0.15) is 0 Å². The van der Waals surface area contributed by atoms with Crippen molar-refractivity contribution in [1.82, 2.24) is 10.3 Å². The highest BCUT2D eigenvalue weighted by Crippen LogP contribution is 2.43. The van der Waals surface area contributed by atoms with Crippen molar-refractivity contribution in [1.29, 1.82) is 0 Å². The van der Waals surface area contributed by atoms with Crippen LogP contribution in [0.4, 0.5) is 5.82 Å². The summed E-state index contributed by atoms with van der Waals surface area (Å²) >= 11 is 0. The summed E-state index contributed by atoms with van der Waals surface area (Å²) in [6.45, 7) is 7.92. The fourth-order valence-corrected chi connectivity index (χ4v) is 4.42. The fourth-order valence-electron chi connectivity index (χ4n) is 4.42. The first-order chi connectivity index (χ1) is 14.3. The number of Topliss-reactive ketones (excluding diaryl/α,β-unsaturated/α-hetero) is 1. The van der Waals surface area contributed by atoms with Gasteiger partial charge in [0.1, 0.15) is 5.82 Å². The van der Waals surface area contributed by atoms with Gasteiger partial charge in [-0.15, -0.1) is 0 Å². The summed E-state index contributed by atoms with van der Waals surface area (Å²) in [5.41, 5.74) is 5.96. The molecule has 0 bridgehead atoms. The molecule has 0 fully saturated rings. The Hall–Kier alpha value is -3.21. The molecule has 0 saturated carbocycles. The number of aryl methyl sites for hydroxylation is 2. The van der Waals surface area contributed by atoms with Crippen LogP contribution in [0.25, 0.3) is 0 Å². The van der Waals surface area contributed by atoms with E-state index in [-0.39, 0.29) is 17.6 Å². The van der Waals surface area contributed by atoms with Gasteiger partial charge in [0.15, 0.2) is 5.78 Å². The first kappa shape index (κ1) is 20.1. The minimum absolute atomic E-state index is 0.119. The van der Waals surface area contributed by atoms with E-state index in [1.54, 1.807) is 6.07 Å². The molecule has 5 nitrogen and oxygen atoms in total. The van der Waals surface area contributed by atoms with Crippen LogP contribution in [0.1, 0.15) is 49.4 Å². The van der Waals surface area contributed by atoms with Crippen molar-refractivity contribution in [2.75, 3.05) is 5.32 Å². The van der Waals surface area contributed by atoms with Crippen LogP contribution in [0.3, 0.4) is 0 Å². The van der Waals surface area contributed by atoms with Gasteiger partial charge < -0.3 is 10.6 Å². The zero-order valence-corrected chi connectivity index (χ0v) is 17.9. The molecular formula is C25H27N3O2. The van der Waals surface area contributed by atoms with Crippen LogP contribution in [-0.2, 0) is 9.59 Å². The monoisotopic (exact) mass is 401 g/mol. The number of nitrogens with one attached hydrogen (secondary N) is 2. The van der Waals surface area contributed by atoms with Crippen molar-refractivity contribution in [3.8, 4) is 0 Å². The van der Waals surface area contributed by atoms with E-state index in [1.165, 1.54) is 0 Å². The number of aromatic nitrogens is 1. The number of hydrogen-bond acceptors (Lipinski definition) is 4. The molecule has 1 aromatic heterocycles. The number of carbonyl (C=O) groups excluding carboxylic acids is 2. The average Bonchev–Trinajstić information content (AvgIpc) is 2.67. The number of hydrogen-bond donors (Lipinski definition) is 2. The van der Waals surface area contributed by atoms with Crippen molar-refractivity contribution < 1.29 is 9.59 Å². The van der Waals surface area contributed by atoms with E-state index in [0.29, 0.717) is 23.7 Å². The summed E-state index contributed by atoms with van der Waals surface area (Å²) in [5, 5.41) is 6.31. The van der Waals surface area contributed by atoms with Gasteiger partial charge in [0.25, 0.3) is 5.91 Å². The zero-order valence-electron chi connectivity index (χ0n) is 17.9. The summed E-state index contributed by atoms with van der Waals surface area (Å²) in [7, 11) is 0. The van der Waals surface area contributed by atoms with Gasteiger partial charge in [-0.05, 0) is 50.8 Å². The molecule has 2 aromatic rings. The molecule has 0 radical (unpaired) electrons. The SMILES string of the molecule is CC1=C(C(=O)Nc2cccc(C)n2)C(c2ccc(C)cc2)C2=C(CC(C)CC2=O)N1. The predicted molar refractivity (Wildman–Crippen MR) is 118 cm³/mol. The Morgan fingerprint density at radius 2 is 1.80 bits per heavy atom. The van der Waals surface area contributed by atoms with E-state index >= 15 is 0 Å². The normalized spacial score (nSPS) is 21.3. The molecule has 2 heterocycles. The Kier molecular flexibility index (Phi) is 5.29. The van der Waals surface area contributed by atoms with Gasteiger partial charge in [0.05, 0.1) is 0 Å². The number of anilines is 1. The maximum absolute atomic E-state index is 13.4. The molecular weight excluding hydrogens is 374 g/mol. The molecule has 154 valence electrons. The van der Waals surface area contributed by atoms with E-state index < -0.39 is 0 Å². The van der Waals surface area contributed by atoms with Crippen molar-refractivity contribution in [3.05, 3.63) is 81.8 Å². The number of dihydropyridines is 1. The number of ketones is 1. The molecule has 0 saturated heterocycles. The second-order valence-electron chi connectivity index (χ2n) is 8.45. The molecule has 1 aliphatic heterocycles. The first-order valence-electron chi connectivity index (χ1n) is 10.4. The van der Waals surface area contributed by atoms with E-state index in [9.17, 15) is 9.59 Å². The standard InChI is InChI=1S/C25H27N3O2/c1-14-8-10-18(11-9-14)23-22(25(30)28-21-7-5-6-16(3)26-21)17(4)27-19-12-15(2)13-20(29)24(19)23/h5-11,15,23,27H,12-13H2,1-4H3,(H,26,28,30). The highest BCUT2D eigenvalue weighted by atomic mass is 16.2. The number of carbonyl (C=O) groups is 2. The summed E-state index contributed by atoms with van der Waals surface area (Å²) in [6, 6.07) is 13.6. The molecule has 2 atom stereocenters. The molecule has 2 unspecified atom stereocenters. The van der Waals surface area contributed by atoms with Gasteiger partial charge in [0.2, 0.25) is 0 Å². The zero-order chi connectivity index (χ0) is 21.4. The summed E-state index contributed by atoms with van der Waals surface area (Å²) in [5.74, 6) is 0.301. The van der Waals surface area contributed by atoms with Gasteiger partial charge in [-0.3, -0.25) is 9.59 Å². The Morgan fingerprint density at radius 1 is 1.07 bits per heavy atom. The quantitative estimate of drug-likeness (QED) is 0.791. The fraction of sp³-hybridized carbons (Fsp3) is 0.320. The third-order valence-electron chi connectivity index (χ3n) is 5.82. The number of allylic oxidation sites excluding steroid dienone is 3. The maximum atomic E-state index is 13.4. The maximum Gasteiger partial charge on any atom is 0.255 e. The van der Waals surface area contributed by atoms with Crippen LogP contribution in [0.5, 0.6) is 0 Å². The van der Waals surface area contributed by atoms with E-state index in [1.807, 2.05) is 57.2 Å². The molecule has 1 amide bonds. The van der Waals surface area contributed by atoms with Crippen molar-refractivity contribution in [2.24, 2.45) is 5.92 Å². The highest BCUT2D eigenvalue weighted by Gasteiger charge is 2.39. The molecule has 4 rings (SSSR count). The Bertz CT molecular complexity index is 1080. The minimum Gasteiger partial charge on any atom is -0.362 e. The summed E-state index contributed by atoms with van der Waals surface area (Å²) in [4.78, 5) is 30.9. The van der Waals surface area contributed by atoms with Crippen LogP contribution in [0.15, 0.2) is 65.0 Å². The van der Waals surface area contributed by atoms with Crippen LogP contribution in [0.2, 0.25) is 0 Å². The van der Waals surface area contributed by atoms with Crippen LogP contribution in [0, 0.1) is 19.8 Å². The van der Waals surface area contributed by atoms with Crippen LogP contribution < -0.4 is 10.6 Å². The minimum atomic E-state index is -0.383. The molecule has 2 aliphatic rings. The lowest BCUT2D eigenvalue weighted by atomic mass is 9.73. The lowest BCUT2D eigenvalue weighted by Crippen LogP contribution is -2.37. The van der Waals surface area contributed by atoms with E-state index in [4.69, 9.17) is 0 Å². The second kappa shape index (κ2) is 7.90. The van der Waals surface area contributed by atoms with E-state index in [2.05, 4.69) is 22.5 Å². The van der Waals surface area contributed by atoms with Gasteiger partial charge in [0, 0.05) is 40.6 Å². The number of nitrogens with zero attached hydrogens (tertiary/aromatic N) is 1. The number of amides is 1. The van der Waals surface area contributed by atoms with Gasteiger partial charge in [-0.25, -0.2) is 4.98 Å². The summed E-state index contributed by atoms with van der Waals surface area (Å²) < 4.78 is 0. The Morgan fingerprint density at radius 3 is 2.50 bits per heavy atom. The highest BCUT2D eigenvalue weighted by molar-refractivity contribution is 6.09. The molecule has 5 heteroatoms. The Balaban J connectivity index is 1.79. The molecule has 1 aliphatic carbocycles. The van der Waals surface area contributed by atoms with Gasteiger partial charge >= 0.3 is 0 Å². The number of pyridine rings is 1. The van der Waals surface area contributed by atoms with Crippen molar-refractivity contribution in [3.63, 3.8) is 0 Å². The third-order valence-corrected chi connectivity index (χ3v) is 5.82. The van der Waals surface area contributed by atoms with Crippen LogP contribution in [-0.4, -0.2) is 16.7 Å². The van der Waals surface area contributed by atoms with Crippen LogP contribution >= 0.6 is 0 Å². The average molecular weight is 402 g/mol. The van der Waals surface area contributed by atoms with Gasteiger partial charge in [-0.1, -0.05) is 42.8 Å². The smallest absolute Gasteiger partial charge is 0.255 e. The largest absolute Gasteiger partial charge is 0.362 e. The number of rotatable bonds is 3. The lowest BCUT2D eigenvalue weighted by Gasteiger charge is -2.36. The van der Waals surface area contributed by atoms with Crippen molar-refractivity contribution >= 4 is 17.5 Å².